The lowest BCUT2D eigenvalue weighted by atomic mass is 10.2. The van der Waals surface area contributed by atoms with Gasteiger partial charge in [-0.25, -0.2) is 0 Å². The Morgan fingerprint density at radius 3 is 2.67 bits per heavy atom. The molecule has 1 fully saturated rings. The molecular formula is C11H14ClNO2. The van der Waals surface area contributed by atoms with Gasteiger partial charge in [-0.15, -0.1) is 0 Å². The summed E-state index contributed by atoms with van der Waals surface area (Å²) in [5, 5.41) is 9.74. The average Bonchev–Trinajstić information content (AvgIpc) is 2.61. The van der Waals surface area contributed by atoms with Crippen molar-refractivity contribution in [3.05, 3.63) is 34.9 Å². The van der Waals surface area contributed by atoms with Crippen LogP contribution in [0.4, 0.5) is 0 Å². The molecule has 0 aliphatic carbocycles. The zero-order chi connectivity index (χ0) is 10.8. The molecule has 1 aliphatic heterocycles. The number of rotatable bonds is 2. The molecule has 1 N–H and O–H groups in total. The molecule has 2 rings (SSSR count). The summed E-state index contributed by atoms with van der Waals surface area (Å²) < 4.78 is 5.68. The van der Waals surface area contributed by atoms with Gasteiger partial charge in [0.15, 0.2) is 0 Å². The Kier molecular flexibility index (Phi) is 3.26. The normalized spacial score (nSPS) is 27.1. The zero-order valence-corrected chi connectivity index (χ0v) is 9.31. The molecule has 1 saturated heterocycles. The van der Waals surface area contributed by atoms with Crippen LogP contribution in [0.3, 0.4) is 0 Å². The lowest BCUT2D eigenvalue weighted by Crippen LogP contribution is -2.20. The third kappa shape index (κ3) is 2.32. The Balaban J connectivity index is 2.14. The van der Waals surface area contributed by atoms with Gasteiger partial charge in [-0.1, -0.05) is 23.7 Å². The topological polar surface area (TPSA) is 32.7 Å². The molecule has 3 nitrogen and oxygen atoms in total. The van der Waals surface area contributed by atoms with Crippen LogP contribution in [-0.2, 0) is 4.74 Å². The Bertz CT molecular complexity index is 328. The predicted molar refractivity (Wildman–Crippen MR) is 58.8 cm³/mol. The van der Waals surface area contributed by atoms with Gasteiger partial charge in [-0.05, 0) is 24.7 Å². The van der Waals surface area contributed by atoms with Crippen LogP contribution < -0.4 is 0 Å². The highest BCUT2D eigenvalue weighted by Gasteiger charge is 2.30. The van der Waals surface area contributed by atoms with Crippen molar-refractivity contribution < 1.29 is 9.84 Å². The lowest BCUT2D eigenvalue weighted by Gasteiger charge is -2.18. The van der Waals surface area contributed by atoms with Crippen molar-refractivity contribution in [3.63, 3.8) is 0 Å². The Morgan fingerprint density at radius 1 is 1.47 bits per heavy atom. The third-order valence-electron chi connectivity index (χ3n) is 2.57. The summed E-state index contributed by atoms with van der Waals surface area (Å²) in [5.74, 6) is 0. The number of aliphatic hydroxyl groups excluding tert-OH is 1. The molecule has 0 bridgehead atoms. The van der Waals surface area contributed by atoms with E-state index < -0.39 is 0 Å². The first-order valence-corrected chi connectivity index (χ1v) is 5.30. The molecule has 1 aromatic rings. The monoisotopic (exact) mass is 227 g/mol. The van der Waals surface area contributed by atoms with Crippen LogP contribution >= 0.6 is 11.6 Å². The molecule has 1 heterocycles. The van der Waals surface area contributed by atoms with E-state index in [1.807, 2.05) is 31.3 Å². The number of nitrogens with zero attached hydrogens (tertiary/aromatic N) is 1. The number of hydrogen-bond donors (Lipinski definition) is 1. The van der Waals surface area contributed by atoms with Gasteiger partial charge in [0.1, 0.15) is 6.23 Å². The van der Waals surface area contributed by atoms with Crippen molar-refractivity contribution >= 4 is 11.6 Å². The summed E-state index contributed by atoms with van der Waals surface area (Å²) in [6, 6.07) is 7.59. The third-order valence-corrected chi connectivity index (χ3v) is 2.82. The van der Waals surface area contributed by atoms with Crippen molar-refractivity contribution in [3.8, 4) is 0 Å². The average molecular weight is 228 g/mol. The predicted octanol–water partition coefficient (Wildman–Crippen LogP) is 1.66. The maximum Gasteiger partial charge on any atom is 0.137 e. The van der Waals surface area contributed by atoms with Crippen molar-refractivity contribution in [2.24, 2.45) is 0 Å². The van der Waals surface area contributed by atoms with Crippen molar-refractivity contribution in [2.75, 3.05) is 20.2 Å². The summed E-state index contributed by atoms with van der Waals surface area (Å²) in [4.78, 5) is 2.07. The molecule has 15 heavy (non-hydrogen) atoms. The summed E-state index contributed by atoms with van der Waals surface area (Å²) in [6.45, 7) is 0.818. The van der Waals surface area contributed by atoms with E-state index in [0.717, 1.165) is 17.1 Å². The molecule has 1 aromatic carbocycles. The quantitative estimate of drug-likeness (QED) is 0.834. The standard InChI is InChI=1S/C11H14ClNO2/c1-13-6-10(7-14)15-11(13)8-2-4-9(12)5-3-8/h2-5,10-11,14H,6-7H2,1H3. The highest BCUT2D eigenvalue weighted by atomic mass is 35.5. The zero-order valence-electron chi connectivity index (χ0n) is 8.56. The fourth-order valence-electron chi connectivity index (χ4n) is 1.81. The maximum absolute atomic E-state index is 9.02. The van der Waals surface area contributed by atoms with Gasteiger partial charge in [0.05, 0.1) is 12.7 Å². The van der Waals surface area contributed by atoms with E-state index in [1.165, 1.54) is 0 Å². The van der Waals surface area contributed by atoms with E-state index in [9.17, 15) is 0 Å². The van der Waals surface area contributed by atoms with Gasteiger partial charge >= 0.3 is 0 Å². The van der Waals surface area contributed by atoms with Gasteiger partial charge in [0.25, 0.3) is 0 Å². The minimum Gasteiger partial charge on any atom is -0.394 e. The second-order valence-electron chi connectivity index (χ2n) is 3.78. The first-order chi connectivity index (χ1) is 7.20. The Hall–Kier alpha value is -0.610. The van der Waals surface area contributed by atoms with E-state index in [1.54, 1.807) is 0 Å². The summed E-state index contributed by atoms with van der Waals surface area (Å²) in [6.07, 6.45) is -0.157. The van der Waals surface area contributed by atoms with E-state index in [2.05, 4.69) is 4.90 Å². The van der Waals surface area contributed by atoms with Crippen LogP contribution in [-0.4, -0.2) is 36.3 Å². The van der Waals surface area contributed by atoms with Crippen LogP contribution in [0.15, 0.2) is 24.3 Å². The number of benzene rings is 1. The van der Waals surface area contributed by atoms with Crippen LogP contribution in [0.1, 0.15) is 11.8 Å². The van der Waals surface area contributed by atoms with E-state index >= 15 is 0 Å². The van der Waals surface area contributed by atoms with E-state index in [0.29, 0.717) is 0 Å². The minimum absolute atomic E-state index is 0.0639. The summed E-state index contributed by atoms with van der Waals surface area (Å²) >= 11 is 5.82. The van der Waals surface area contributed by atoms with Crippen LogP contribution in [0.25, 0.3) is 0 Å². The van der Waals surface area contributed by atoms with Crippen molar-refractivity contribution in [1.82, 2.24) is 4.90 Å². The molecule has 0 aromatic heterocycles. The number of ether oxygens (including phenoxy) is 1. The van der Waals surface area contributed by atoms with Gasteiger partial charge < -0.3 is 9.84 Å². The fourth-order valence-corrected chi connectivity index (χ4v) is 1.93. The number of hydrogen-bond acceptors (Lipinski definition) is 3. The van der Waals surface area contributed by atoms with Crippen LogP contribution in [0, 0.1) is 0 Å². The van der Waals surface area contributed by atoms with Gasteiger partial charge in [0.2, 0.25) is 0 Å². The molecule has 4 heteroatoms. The van der Waals surface area contributed by atoms with Crippen molar-refractivity contribution in [1.29, 1.82) is 0 Å². The molecule has 2 atom stereocenters. The maximum atomic E-state index is 9.02. The minimum atomic E-state index is -0.0873. The number of halogens is 1. The second kappa shape index (κ2) is 4.49. The van der Waals surface area contributed by atoms with Gasteiger partial charge in [-0.2, -0.15) is 0 Å². The second-order valence-corrected chi connectivity index (χ2v) is 4.22. The smallest absolute Gasteiger partial charge is 0.137 e. The Morgan fingerprint density at radius 2 is 2.13 bits per heavy atom. The number of likely N-dealkylation sites (N-methyl/N-ethyl adjacent to an activating group) is 1. The highest BCUT2D eigenvalue weighted by Crippen LogP contribution is 2.29. The molecule has 1 aliphatic rings. The highest BCUT2D eigenvalue weighted by molar-refractivity contribution is 6.30. The molecular weight excluding hydrogens is 214 g/mol. The molecule has 2 unspecified atom stereocenters. The van der Waals surface area contributed by atoms with E-state index in [4.69, 9.17) is 21.4 Å². The van der Waals surface area contributed by atoms with Crippen molar-refractivity contribution in [2.45, 2.75) is 12.3 Å². The SMILES string of the molecule is CN1CC(CO)OC1c1ccc(Cl)cc1. The van der Waals surface area contributed by atoms with Crippen LogP contribution in [0.2, 0.25) is 5.02 Å². The molecule has 0 radical (unpaired) electrons. The largest absolute Gasteiger partial charge is 0.394 e. The Labute approximate surface area is 94.2 Å². The first-order valence-electron chi connectivity index (χ1n) is 4.92. The molecule has 0 spiro atoms. The summed E-state index contributed by atoms with van der Waals surface area (Å²) in [7, 11) is 1.98. The lowest BCUT2D eigenvalue weighted by molar-refractivity contribution is -0.0138. The van der Waals surface area contributed by atoms with E-state index in [-0.39, 0.29) is 18.9 Å². The van der Waals surface area contributed by atoms with Crippen LogP contribution in [0.5, 0.6) is 0 Å². The first kappa shape index (κ1) is 10.9. The number of aliphatic hydroxyl groups is 1. The van der Waals surface area contributed by atoms with Gasteiger partial charge in [-0.3, -0.25) is 4.90 Å². The molecule has 0 saturated carbocycles. The molecule has 0 amide bonds. The molecule has 82 valence electrons. The fraction of sp³-hybridized carbons (Fsp3) is 0.455. The summed E-state index contributed by atoms with van der Waals surface area (Å²) in [5.41, 5.74) is 1.07. The van der Waals surface area contributed by atoms with Gasteiger partial charge in [0, 0.05) is 11.6 Å².